The molecule has 1 N–H and O–H groups in total. The number of carbonyl (C=O) groups is 2. The second-order valence-corrected chi connectivity index (χ2v) is 7.97. The lowest BCUT2D eigenvalue weighted by molar-refractivity contribution is -0.142. The van der Waals surface area contributed by atoms with Crippen molar-refractivity contribution in [3.63, 3.8) is 0 Å². The molecule has 0 aliphatic rings. The largest absolute Gasteiger partial charge is 0.436 e. The number of nitrogens with zero attached hydrogens (tertiary/aromatic N) is 2. The van der Waals surface area contributed by atoms with E-state index in [1.807, 2.05) is 0 Å². The minimum Gasteiger partial charge on any atom is -0.324 e. The monoisotopic (exact) mass is 513 g/mol. The average Bonchev–Trinajstić information content (AvgIpc) is 3.03. The van der Waals surface area contributed by atoms with Crippen molar-refractivity contribution >= 4 is 44.9 Å². The zero-order valence-electron chi connectivity index (χ0n) is 16.3. The number of ketones is 1. The summed E-state index contributed by atoms with van der Waals surface area (Å²) in [6.07, 6.45) is -4.67. The van der Waals surface area contributed by atoms with E-state index in [1.54, 1.807) is 30.3 Å². The Morgan fingerprint density at radius 3 is 2.39 bits per heavy atom. The molecule has 0 saturated heterocycles. The Morgan fingerprint density at radius 2 is 1.81 bits per heavy atom. The Balaban J connectivity index is 1.92. The molecule has 0 saturated carbocycles. The topological polar surface area (TPSA) is 64.0 Å². The Bertz CT molecular complexity index is 1150. The van der Waals surface area contributed by atoms with Crippen LogP contribution in [-0.2, 0) is 11.0 Å². The van der Waals surface area contributed by atoms with Gasteiger partial charge in [-0.15, -0.1) is 0 Å². The molecule has 1 unspecified atom stereocenters. The van der Waals surface area contributed by atoms with Gasteiger partial charge in [0, 0.05) is 16.1 Å². The lowest BCUT2D eigenvalue weighted by Gasteiger charge is -2.16. The molecule has 2 aromatic carbocycles. The minimum absolute atomic E-state index is 0.145. The second-order valence-electron chi connectivity index (χ2n) is 6.74. The van der Waals surface area contributed by atoms with Gasteiger partial charge in [0.2, 0.25) is 5.91 Å². The molecule has 0 aliphatic carbocycles. The lowest BCUT2D eigenvalue weighted by atomic mass is 10.0. The quantitative estimate of drug-likeness (QED) is 0.421. The molecule has 10 heteroatoms. The van der Waals surface area contributed by atoms with Crippen molar-refractivity contribution in [1.29, 1.82) is 0 Å². The fraction of sp³-hybridized carbons (Fsp3) is 0.190. The Labute approximate surface area is 189 Å². The van der Waals surface area contributed by atoms with E-state index in [9.17, 15) is 22.8 Å². The number of anilines is 1. The molecule has 0 radical (unpaired) electrons. The summed E-state index contributed by atoms with van der Waals surface area (Å²) in [4.78, 5) is 25.7. The van der Waals surface area contributed by atoms with Gasteiger partial charge in [-0.3, -0.25) is 14.3 Å². The van der Waals surface area contributed by atoms with Gasteiger partial charge in [0.25, 0.3) is 0 Å². The highest BCUT2D eigenvalue weighted by Gasteiger charge is 2.39. The number of amides is 1. The number of carbonyl (C=O) groups excluding carboxylic acids is 2. The second kappa shape index (κ2) is 8.84. The van der Waals surface area contributed by atoms with Crippen molar-refractivity contribution in [2.24, 2.45) is 0 Å². The summed E-state index contributed by atoms with van der Waals surface area (Å²) in [5.41, 5.74) is -0.221. The third-order valence-corrected chi connectivity index (χ3v) is 5.80. The molecule has 0 bridgehead atoms. The number of nitrogens with one attached hydrogen (secondary N) is 1. The molecule has 5 nitrogen and oxygen atoms in total. The molecule has 1 amide bonds. The van der Waals surface area contributed by atoms with Crippen molar-refractivity contribution in [3.05, 3.63) is 80.5 Å². The van der Waals surface area contributed by atoms with E-state index in [0.29, 0.717) is 10.6 Å². The summed E-state index contributed by atoms with van der Waals surface area (Å²) in [5.74, 6) is -1.00. The Morgan fingerprint density at radius 1 is 1.16 bits per heavy atom. The molecule has 0 spiro atoms. The van der Waals surface area contributed by atoms with E-state index in [2.05, 4.69) is 26.3 Å². The van der Waals surface area contributed by atoms with Crippen LogP contribution in [0.15, 0.2) is 53.0 Å². The summed E-state index contributed by atoms with van der Waals surface area (Å²) in [7, 11) is 0. The Hall–Kier alpha value is -2.65. The van der Waals surface area contributed by atoms with Crippen molar-refractivity contribution in [2.75, 3.05) is 5.32 Å². The highest BCUT2D eigenvalue weighted by Crippen LogP contribution is 2.36. The van der Waals surface area contributed by atoms with Gasteiger partial charge in [0.15, 0.2) is 11.5 Å². The van der Waals surface area contributed by atoms with E-state index in [0.717, 1.165) is 4.68 Å². The van der Waals surface area contributed by atoms with Gasteiger partial charge in [-0.1, -0.05) is 41.9 Å². The van der Waals surface area contributed by atoms with Crippen LogP contribution in [-0.4, -0.2) is 21.5 Å². The molecule has 1 heterocycles. The SMILES string of the molecule is Cc1c(Br)c(C(F)(F)F)nn1C(C)C(=O)Nc1ccc(Cl)cc1C(=O)c1ccccc1. The van der Waals surface area contributed by atoms with Crippen molar-refractivity contribution in [1.82, 2.24) is 9.78 Å². The highest BCUT2D eigenvalue weighted by atomic mass is 79.9. The van der Waals surface area contributed by atoms with Gasteiger partial charge >= 0.3 is 6.18 Å². The van der Waals surface area contributed by atoms with Crippen LogP contribution in [0, 0.1) is 6.92 Å². The number of benzene rings is 2. The van der Waals surface area contributed by atoms with Crippen LogP contribution in [0.4, 0.5) is 18.9 Å². The first-order valence-electron chi connectivity index (χ1n) is 9.02. The minimum atomic E-state index is -4.67. The predicted molar refractivity (Wildman–Crippen MR) is 114 cm³/mol. The number of hydrogen-bond acceptors (Lipinski definition) is 3. The lowest BCUT2D eigenvalue weighted by Crippen LogP contribution is -2.26. The van der Waals surface area contributed by atoms with E-state index in [1.165, 1.54) is 32.0 Å². The van der Waals surface area contributed by atoms with Crippen molar-refractivity contribution in [2.45, 2.75) is 26.1 Å². The fourth-order valence-electron chi connectivity index (χ4n) is 2.96. The fourth-order valence-corrected chi connectivity index (χ4v) is 3.62. The number of hydrogen-bond donors (Lipinski definition) is 1. The number of rotatable bonds is 5. The van der Waals surface area contributed by atoms with E-state index in [4.69, 9.17) is 11.6 Å². The van der Waals surface area contributed by atoms with E-state index < -0.39 is 23.8 Å². The summed E-state index contributed by atoms with van der Waals surface area (Å²) in [6.45, 7) is 2.83. The first-order valence-corrected chi connectivity index (χ1v) is 10.2. The van der Waals surface area contributed by atoms with Crippen LogP contribution in [0.1, 0.15) is 40.3 Å². The molecule has 3 rings (SSSR count). The van der Waals surface area contributed by atoms with Gasteiger partial charge < -0.3 is 5.32 Å². The third kappa shape index (κ3) is 4.83. The summed E-state index contributed by atoms with van der Waals surface area (Å²) < 4.78 is 40.2. The number of halogens is 5. The van der Waals surface area contributed by atoms with E-state index >= 15 is 0 Å². The summed E-state index contributed by atoms with van der Waals surface area (Å²) >= 11 is 8.93. The maximum atomic E-state index is 13.1. The van der Waals surface area contributed by atoms with Gasteiger partial charge in [0.1, 0.15) is 6.04 Å². The van der Waals surface area contributed by atoms with Gasteiger partial charge in [0.05, 0.1) is 15.9 Å². The standard InChI is InChI=1S/C21H16BrClF3N3O2/c1-11-17(22)19(21(24,25)26)28-29(11)12(2)20(31)27-16-9-8-14(23)10-15(16)18(30)13-6-4-3-5-7-13/h3-10,12H,1-2H3,(H,27,31). The molecule has 1 atom stereocenters. The van der Waals surface area contributed by atoms with Gasteiger partial charge in [-0.05, 0) is 48.0 Å². The van der Waals surface area contributed by atoms with Crippen LogP contribution in [0.3, 0.4) is 0 Å². The van der Waals surface area contributed by atoms with Gasteiger partial charge in [-0.25, -0.2) is 0 Å². The molecular weight excluding hydrogens is 499 g/mol. The maximum absolute atomic E-state index is 13.1. The first kappa shape index (κ1) is 23.0. The molecular formula is C21H16BrClF3N3O2. The molecule has 0 aliphatic heterocycles. The van der Waals surface area contributed by atoms with Crippen LogP contribution >= 0.6 is 27.5 Å². The molecule has 1 aromatic heterocycles. The summed E-state index contributed by atoms with van der Waals surface area (Å²) in [6, 6.07) is 11.7. The van der Waals surface area contributed by atoms with Crippen LogP contribution in [0.2, 0.25) is 5.02 Å². The molecule has 3 aromatic rings. The van der Waals surface area contributed by atoms with E-state index in [-0.39, 0.29) is 27.2 Å². The normalized spacial score (nSPS) is 12.5. The highest BCUT2D eigenvalue weighted by molar-refractivity contribution is 9.10. The van der Waals surface area contributed by atoms with Crippen LogP contribution in [0.5, 0.6) is 0 Å². The van der Waals surface area contributed by atoms with Crippen molar-refractivity contribution in [3.8, 4) is 0 Å². The Kier molecular flexibility index (Phi) is 6.56. The predicted octanol–water partition coefficient (Wildman–Crippen LogP) is 6.06. The zero-order chi connectivity index (χ0) is 22.9. The first-order chi connectivity index (χ1) is 14.5. The van der Waals surface area contributed by atoms with Crippen LogP contribution in [0.25, 0.3) is 0 Å². The maximum Gasteiger partial charge on any atom is 0.436 e. The number of aromatic nitrogens is 2. The smallest absolute Gasteiger partial charge is 0.324 e. The number of alkyl halides is 3. The molecule has 31 heavy (non-hydrogen) atoms. The summed E-state index contributed by atoms with van der Waals surface area (Å²) in [5, 5.41) is 6.46. The van der Waals surface area contributed by atoms with Gasteiger partial charge in [-0.2, -0.15) is 18.3 Å². The van der Waals surface area contributed by atoms with Crippen LogP contribution < -0.4 is 5.32 Å². The average molecular weight is 515 g/mol. The van der Waals surface area contributed by atoms with Crippen molar-refractivity contribution < 1.29 is 22.8 Å². The molecule has 162 valence electrons. The zero-order valence-corrected chi connectivity index (χ0v) is 18.6. The molecule has 0 fully saturated rings. The third-order valence-electron chi connectivity index (χ3n) is 4.61.